The molecule has 0 saturated carbocycles. The highest BCUT2D eigenvalue weighted by atomic mass is 35.5. The van der Waals surface area contributed by atoms with Crippen molar-refractivity contribution in [3.05, 3.63) is 33.8 Å². The van der Waals surface area contributed by atoms with Crippen molar-refractivity contribution in [3.63, 3.8) is 0 Å². The van der Waals surface area contributed by atoms with Crippen LogP contribution in [0.1, 0.15) is 32.8 Å². The Morgan fingerprint density at radius 1 is 1.37 bits per heavy atom. The van der Waals surface area contributed by atoms with Gasteiger partial charge in [-0.25, -0.2) is 0 Å². The molecule has 4 heteroatoms. The van der Waals surface area contributed by atoms with Crippen molar-refractivity contribution in [3.8, 4) is 0 Å². The van der Waals surface area contributed by atoms with Gasteiger partial charge >= 0.3 is 0 Å². The van der Waals surface area contributed by atoms with Crippen molar-refractivity contribution in [1.82, 2.24) is 10.2 Å². The molecule has 1 unspecified atom stereocenters. The molecule has 0 spiro atoms. The second-order valence-electron chi connectivity index (χ2n) is 5.91. The van der Waals surface area contributed by atoms with E-state index in [4.69, 9.17) is 23.2 Å². The van der Waals surface area contributed by atoms with Crippen LogP contribution in [0.4, 0.5) is 0 Å². The Morgan fingerprint density at radius 2 is 2.11 bits per heavy atom. The van der Waals surface area contributed by atoms with E-state index in [1.165, 1.54) is 0 Å². The standard InChI is InChI=1S/C15H22Cl2N2/c1-4-13-9-19(15(2,3)10-18-13)8-11-7-12(16)5-6-14(11)17/h5-7,13,18H,4,8-10H2,1-3H3. The molecular formula is C15H22Cl2N2. The van der Waals surface area contributed by atoms with Crippen LogP contribution < -0.4 is 5.32 Å². The van der Waals surface area contributed by atoms with E-state index in [1.54, 1.807) is 0 Å². The molecule has 1 atom stereocenters. The van der Waals surface area contributed by atoms with Crippen LogP contribution >= 0.6 is 23.2 Å². The molecule has 0 radical (unpaired) electrons. The molecule has 1 heterocycles. The summed E-state index contributed by atoms with van der Waals surface area (Å²) in [7, 11) is 0. The molecule has 1 aliphatic heterocycles. The fraction of sp³-hybridized carbons (Fsp3) is 0.600. The van der Waals surface area contributed by atoms with Crippen LogP contribution in [0.5, 0.6) is 0 Å². The van der Waals surface area contributed by atoms with Crippen LogP contribution in [0, 0.1) is 0 Å². The SMILES string of the molecule is CCC1CN(Cc2cc(Cl)ccc2Cl)C(C)(C)CN1. The summed E-state index contributed by atoms with van der Waals surface area (Å²) in [5.41, 5.74) is 1.25. The zero-order valence-electron chi connectivity index (χ0n) is 11.8. The molecule has 106 valence electrons. The average Bonchev–Trinajstić information content (AvgIpc) is 2.36. The molecular weight excluding hydrogens is 279 g/mol. The van der Waals surface area contributed by atoms with Crippen molar-refractivity contribution in [2.75, 3.05) is 13.1 Å². The Hall–Kier alpha value is -0.280. The number of hydrogen-bond acceptors (Lipinski definition) is 2. The van der Waals surface area contributed by atoms with E-state index in [1.807, 2.05) is 18.2 Å². The van der Waals surface area contributed by atoms with Gasteiger partial charge in [0, 0.05) is 41.3 Å². The van der Waals surface area contributed by atoms with E-state index in [0.717, 1.165) is 41.7 Å². The number of nitrogens with one attached hydrogen (secondary N) is 1. The Kier molecular flexibility index (Phi) is 4.78. The predicted octanol–water partition coefficient (Wildman–Crippen LogP) is 3.96. The third-order valence-corrected chi connectivity index (χ3v) is 4.59. The molecule has 1 fully saturated rings. The lowest BCUT2D eigenvalue weighted by molar-refractivity contribution is 0.0577. The molecule has 1 aromatic carbocycles. The predicted molar refractivity (Wildman–Crippen MR) is 83.0 cm³/mol. The number of rotatable bonds is 3. The molecule has 0 aliphatic carbocycles. The molecule has 1 saturated heterocycles. The van der Waals surface area contributed by atoms with Crippen molar-refractivity contribution in [2.24, 2.45) is 0 Å². The number of benzene rings is 1. The maximum atomic E-state index is 6.28. The molecule has 2 rings (SSSR count). The smallest absolute Gasteiger partial charge is 0.0452 e. The third-order valence-electron chi connectivity index (χ3n) is 3.98. The second-order valence-corrected chi connectivity index (χ2v) is 6.76. The van der Waals surface area contributed by atoms with Crippen LogP contribution in [0.3, 0.4) is 0 Å². The fourth-order valence-electron chi connectivity index (χ4n) is 2.51. The number of nitrogens with zero attached hydrogens (tertiary/aromatic N) is 1. The molecule has 1 aliphatic rings. The van der Waals surface area contributed by atoms with Gasteiger partial charge in [-0.2, -0.15) is 0 Å². The molecule has 0 bridgehead atoms. The Bertz CT molecular complexity index is 446. The maximum absolute atomic E-state index is 6.28. The Labute approximate surface area is 126 Å². The molecule has 2 nitrogen and oxygen atoms in total. The van der Waals surface area contributed by atoms with Crippen LogP contribution in [0.15, 0.2) is 18.2 Å². The van der Waals surface area contributed by atoms with Gasteiger partial charge in [0.25, 0.3) is 0 Å². The normalized spacial score (nSPS) is 23.5. The third kappa shape index (κ3) is 3.63. The van der Waals surface area contributed by atoms with E-state index >= 15 is 0 Å². The summed E-state index contributed by atoms with van der Waals surface area (Å²) >= 11 is 12.3. The van der Waals surface area contributed by atoms with Crippen LogP contribution in [-0.2, 0) is 6.54 Å². The van der Waals surface area contributed by atoms with Gasteiger partial charge in [0.1, 0.15) is 0 Å². The van der Waals surface area contributed by atoms with E-state index in [9.17, 15) is 0 Å². The lowest BCUT2D eigenvalue weighted by atomic mass is 9.95. The second kappa shape index (κ2) is 6.01. The minimum absolute atomic E-state index is 0.136. The molecule has 1 N–H and O–H groups in total. The summed E-state index contributed by atoms with van der Waals surface area (Å²) in [4.78, 5) is 2.50. The Balaban J connectivity index is 2.17. The first kappa shape index (κ1) is 15.1. The van der Waals surface area contributed by atoms with Crippen LogP contribution in [0.2, 0.25) is 10.0 Å². The van der Waals surface area contributed by atoms with E-state index in [0.29, 0.717) is 6.04 Å². The van der Waals surface area contributed by atoms with Crippen molar-refractivity contribution in [2.45, 2.75) is 45.3 Å². The lowest BCUT2D eigenvalue weighted by Crippen LogP contribution is -2.61. The Morgan fingerprint density at radius 3 is 2.79 bits per heavy atom. The average molecular weight is 301 g/mol. The summed E-state index contributed by atoms with van der Waals surface area (Å²) in [6.45, 7) is 9.66. The van der Waals surface area contributed by atoms with Crippen LogP contribution in [0.25, 0.3) is 0 Å². The summed E-state index contributed by atoms with van der Waals surface area (Å²) in [6, 6.07) is 6.26. The first-order valence-corrected chi connectivity index (χ1v) is 7.60. The highest BCUT2D eigenvalue weighted by molar-refractivity contribution is 6.33. The first-order chi connectivity index (χ1) is 8.92. The van der Waals surface area contributed by atoms with Gasteiger partial charge in [0.15, 0.2) is 0 Å². The van der Waals surface area contributed by atoms with Gasteiger partial charge < -0.3 is 5.32 Å². The summed E-state index contributed by atoms with van der Waals surface area (Å²) < 4.78 is 0. The van der Waals surface area contributed by atoms with Gasteiger partial charge in [0.2, 0.25) is 0 Å². The fourth-order valence-corrected chi connectivity index (χ4v) is 2.88. The van der Waals surface area contributed by atoms with Gasteiger partial charge in [-0.15, -0.1) is 0 Å². The van der Waals surface area contributed by atoms with E-state index in [2.05, 4.69) is 31.0 Å². The summed E-state index contributed by atoms with van der Waals surface area (Å²) in [6.07, 6.45) is 1.15. The minimum Gasteiger partial charge on any atom is -0.311 e. The first-order valence-electron chi connectivity index (χ1n) is 6.84. The maximum Gasteiger partial charge on any atom is 0.0452 e. The van der Waals surface area contributed by atoms with Crippen LogP contribution in [-0.4, -0.2) is 29.6 Å². The minimum atomic E-state index is 0.136. The quantitative estimate of drug-likeness (QED) is 0.909. The number of halogens is 2. The molecule has 0 amide bonds. The monoisotopic (exact) mass is 300 g/mol. The zero-order chi connectivity index (χ0) is 14.0. The molecule has 0 aromatic heterocycles. The van der Waals surface area contributed by atoms with Crippen molar-refractivity contribution >= 4 is 23.2 Å². The summed E-state index contributed by atoms with van der Waals surface area (Å²) in [5.74, 6) is 0. The lowest BCUT2D eigenvalue weighted by Gasteiger charge is -2.46. The van der Waals surface area contributed by atoms with E-state index in [-0.39, 0.29) is 5.54 Å². The van der Waals surface area contributed by atoms with E-state index < -0.39 is 0 Å². The largest absolute Gasteiger partial charge is 0.311 e. The number of hydrogen-bond donors (Lipinski definition) is 1. The summed E-state index contributed by atoms with van der Waals surface area (Å²) in [5, 5.41) is 5.15. The zero-order valence-corrected chi connectivity index (χ0v) is 13.4. The molecule has 1 aromatic rings. The van der Waals surface area contributed by atoms with Crippen molar-refractivity contribution in [1.29, 1.82) is 0 Å². The van der Waals surface area contributed by atoms with Gasteiger partial charge in [-0.05, 0) is 44.0 Å². The highest BCUT2D eigenvalue weighted by Crippen LogP contribution is 2.27. The topological polar surface area (TPSA) is 15.3 Å². The van der Waals surface area contributed by atoms with Gasteiger partial charge in [-0.1, -0.05) is 30.1 Å². The van der Waals surface area contributed by atoms with Gasteiger partial charge in [0.05, 0.1) is 0 Å². The molecule has 19 heavy (non-hydrogen) atoms. The van der Waals surface area contributed by atoms with Gasteiger partial charge in [-0.3, -0.25) is 4.90 Å². The number of piperazine rings is 1. The van der Waals surface area contributed by atoms with Crippen molar-refractivity contribution < 1.29 is 0 Å². The highest BCUT2D eigenvalue weighted by Gasteiger charge is 2.33.